The summed E-state index contributed by atoms with van der Waals surface area (Å²) in [6.07, 6.45) is -0.968. The first-order chi connectivity index (χ1) is 13.2. The Kier molecular flexibility index (Phi) is 6.18. The molecule has 2 aromatic heterocycles. The van der Waals surface area contributed by atoms with Gasteiger partial charge >= 0.3 is 5.97 Å². The molecule has 0 saturated heterocycles. The number of halogens is 3. The number of esters is 1. The molecule has 0 bridgehead atoms. The van der Waals surface area contributed by atoms with Crippen LogP contribution in [0.1, 0.15) is 64.3 Å². The third-order valence-electron chi connectivity index (χ3n) is 4.54. The quantitative estimate of drug-likeness (QED) is 0.574. The second kappa shape index (κ2) is 8.28. The lowest BCUT2D eigenvalue weighted by molar-refractivity contribution is -0.116. The molecule has 3 rings (SSSR count). The molecule has 152 valence electrons. The molecule has 0 aliphatic heterocycles. The summed E-state index contributed by atoms with van der Waals surface area (Å²) in [6, 6.07) is 0. The molecule has 2 aromatic rings. The summed E-state index contributed by atoms with van der Waals surface area (Å²) in [7, 11) is 0. The summed E-state index contributed by atoms with van der Waals surface area (Å²) in [5.41, 5.74) is 1.34. The van der Waals surface area contributed by atoms with Crippen LogP contribution in [-0.2, 0) is 16.1 Å². The third kappa shape index (κ3) is 4.12. The van der Waals surface area contributed by atoms with Crippen LogP contribution in [0, 0.1) is 13.8 Å². The number of alkyl halides is 2. The van der Waals surface area contributed by atoms with Crippen LogP contribution in [0.25, 0.3) is 0 Å². The fraction of sp³-hybridized carbons (Fsp3) is 0.500. The Bertz CT molecular complexity index is 922. The highest BCUT2D eigenvalue weighted by Crippen LogP contribution is 2.45. The van der Waals surface area contributed by atoms with Gasteiger partial charge in [0.1, 0.15) is 17.2 Å². The van der Waals surface area contributed by atoms with Gasteiger partial charge in [0.25, 0.3) is 6.43 Å². The van der Waals surface area contributed by atoms with Crippen molar-refractivity contribution in [3.8, 4) is 0 Å². The van der Waals surface area contributed by atoms with Gasteiger partial charge < -0.3 is 10.1 Å². The van der Waals surface area contributed by atoms with Gasteiger partial charge in [-0.05, 0) is 55.1 Å². The summed E-state index contributed by atoms with van der Waals surface area (Å²) in [5.74, 6) is -0.812. The zero-order valence-electron chi connectivity index (χ0n) is 15.6. The number of hydrogen-bond donors (Lipinski definition) is 1. The van der Waals surface area contributed by atoms with Crippen molar-refractivity contribution < 1.29 is 23.1 Å². The zero-order valence-corrected chi connectivity index (χ0v) is 18.0. The molecule has 1 N–H and O–H groups in total. The van der Waals surface area contributed by atoms with Gasteiger partial charge in [0.05, 0.1) is 22.3 Å². The number of carbonyl (C=O) groups excluding carboxylic acids is 2. The molecule has 6 nitrogen and oxygen atoms in total. The Balaban J connectivity index is 1.83. The standard InChI is InChI=1S/C18H20BrF2N3O3S/c1-4-27-18(26)12-8(2)9(3)28-17(12)22-11(25)7-24-15(10-5-6-10)13(19)14(23-24)16(20)21/h10,16H,4-7H2,1-3H3,(H,22,25). The number of anilines is 1. The molecule has 1 amide bonds. The van der Waals surface area contributed by atoms with E-state index in [1.807, 2.05) is 6.92 Å². The van der Waals surface area contributed by atoms with Crippen molar-refractivity contribution in [2.75, 3.05) is 11.9 Å². The molecule has 0 atom stereocenters. The Morgan fingerprint density at radius 1 is 1.39 bits per heavy atom. The molecule has 2 heterocycles. The van der Waals surface area contributed by atoms with Crippen LogP contribution < -0.4 is 5.32 Å². The average Bonchev–Trinajstić information content (AvgIpc) is 3.33. The molecule has 0 unspecified atom stereocenters. The SMILES string of the molecule is CCOC(=O)c1c(NC(=O)Cn2nc(C(F)F)c(Br)c2C2CC2)sc(C)c1C. The predicted molar refractivity (Wildman–Crippen MR) is 105 cm³/mol. The van der Waals surface area contributed by atoms with Gasteiger partial charge in [-0.3, -0.25) is 9.48 Å². The zero-order chi connectivity index (χ0) is 20.6. The second-order valence-corrected chi connectivity index (χ2v) is 8.59. The maximum atomic E-state index is 13.2. The minimum atomic E-state index is -2.73. The minimum absolute atomic E-state index is 0.128. The molecule has 1 aliphatic carbocycles. The average molecular weight is 476 g/mol. The van der Waals surface area contributed by atoms with Crippen molar-refractivity contribution in [3.63, 3.8) is 0 Å². The highest BCUT2D eigenvalue weighted by molar-refractivity contribution is 9.10. The summed E-state index contributed by atoms with van der Waals surface area (Å²) >= 11 is 4.49. The van der Waals surface area contributed by atoms with Crippen LogP contribution in [0.3, 0.4) is 0 Å². The van der Waals surface area contributed by atoms with Gasteiger partial charge in [0, 0.05) is 10.8 Å². The Labute approximate surface area is 173 Å². The number of thiophene rings is 1. The Morgan fingerprint density at radius 2 is 2.07 bits per heavy atom. The lowest BCUT2D eigenvalue weighted by Gasteiger charge is -2.09. The number of amides is 1. The van der Waals surface area contributed by atoms with Crippen LogP contribution in [0.2, 0.25) is 0 Å². The first-order valence-corrected chi connectivity index (χ1v) is 10.5. The fourth-order valence-electron chi connectivity index (χ4n) is 2.95. The number of ether oxygens (including phenoxy) is 1. The van der Waals surface area contributed by atoms with Crippen molar-refractivity contribution >= 4 is 44.1 Å². The molecule has 0 radical (unpaired) electrons. The number of aromatic nitrogens is 2. The third-order valence-corrected chi connectivity index (χ3v) is 6.47. The Morgan fingerprint density at radius 3 is 2.64 bits per heavy atom. The van der Waals surface area contributed by atoms with Gasteiger partial charge in [-0.15, -0.1) is 11.3 Å². The molecule has 0 spiro atoms. The monoisotopic (exact) mass is 475 g/mol. The molecule has 28 heavy (non-hydrogen) atoms. The van der Waals surface area contributed by atoms with E-state index in [0.29, 0.717) is 16.3 Å². The summed E-state index contributed by atoms with van der Waals surface area (Å²) in [6.45, 7) is 5.36. The lowest BCUT2D eigenvalue weighted by atomic mass is 10.1. The van der Waals surface area contributed by atoms with Gasteiger partial charge in [-0.1, -0.05) is 0 Å². The molecule has 0 aromatic carbocycles. The van der Waals surface area contributed by atoms with Crippen LogP contribution >= 0.6 is 27.3 Å². The number of hydrogen-bond acceptors (Lipinski definition) is 5. The number of rotatable bonds is 7. The van der Waals surface area contributed by atoms with E-state index in [0.717, 1.165) is 23.3 Å². The van der Waals surface area contributed by atoms with E-state index in [2.05, 4.69) is 26.3 Å². The topological polar surface area (TPSA) is 73.2 Å². The van der Waals surface area contributed by atoms with Gasteiger partial charge in [-0.25, -0.2) is 13.6 Å². The molecule has 1 fully saturated rings. The first-order valence-electron chi connectivity index (χ1n) is 8.85. The molecular formula is C18H20BrF2N3O3S. The van der Waals surface area contributed by atoms with Crippen LogP contribution in [0.5, 0.6) is 0 Å². The smallest absolute Gasteiger partial charge is 0.341 e. The second-order valence-electron chi connectivity index (χ2n) is 6.57. The lowest BCUT2D eigenvalue weighted by Crippen LogP contribution is -2.21. The van der Waals surface area contributed by atoms with E-state index in [9.17, 15) is 18.4 Å². The highest BCUT2D eigenvalue weighted by atomic mass is 79.9. The number of nitrogens with zero attached hydrogens (tertiary/aromatic N) is 2. The van der Waals surface area contributed by atoms with E-state index in [1.165, 1.54) is 16.0 Å². The van der Waals surface area contributed by atoms with Gasteiger partial charge in [-0.2, -0.15) is 5.10 Å². The first kappa shape index (κ1) is 20.9. The highest BCUT2D eigenvalue weighted by Gasteiger charge is 2.34. The van der Waals surface area contributed by atoms with Crippen molar-refractivity contribution in [2.45, 2.75) is 52.5 Å². The number of carbonyl (C=O) groups is 2. The molecule has 10 heteroatoms. The van der Waals surface area contributed by atoms with Gasteiger partial charge in [0.2, 0.25) is 5.91 Å². The molecule has 1 saturated carbocycles. The van der Waals surface area contributed by atoms with Crippen LogP contribution in [-0.4, -0.2) is 28.3 Å². The molecular weight excluding hydrogens is 456 g/mol. The van der Waals surface area contributed by atoms with Crippen LogP contribution in [0.15, 0.2) is 4.47 Å². The van der Waals surface area contributed by atoms with Crippen molar-refractivity contribution in [1.29, 1.82) is 0 Å². The van der Waals surface area contributed by atoms with E-state index >= 15 is 0 Å². The van der Waals surface area contributed by atoms with E-state index in [-0.39, 0.29) is 29.2 Å². The normalized spacial score (nSPS) is 13.8. The summed E-state index contributed by atoms with van der Waals surface area (Å²) < 4.78 is 33.1. The van der Waals surface area contributed by atoms with Gasteiger partial charge in [0.15, 0.2) is 0 Å². The largest absolute Gasteiger partial charge is 0.462 e. The summed E-state index contributed by atoms with van der Waals surface area (Å²) in [5, 5.41) is 7.05. The van der Waals surface area contributed by atoms with E-state index in [1.54, 1.807) is 13.8 Å². The number of aryl methyl sites for hydroxylation is 1. The number of nitrogens with one attached hydrogen (secondary N) is 1. The summed E-state index contributed by atoms with van der Waals surface area (Å²) in [4.78, 5) is 25.7. The minimum Gasteiger partial charge on any atom is -0.462 e. The van der Waals surface area contributed by atoms with Crippen LogP contribution in [0.4, 0.5) is 13.8 Å². The maximum absolute atomic E-state index is 13.2. The fourth-order valence-corrected chi connectivity index (χ4v) is 4.79. The maximum Gasteiger partial charge on any atom is 0.341 e. The molecule has 1 aliphatic rings. The predicted octanol–water partition coefficient (Wildman–Crippen LogP) is 4.95. The van der Waals surface area contributed by atoms with Crippen molar-refractivity contribution in [3.05, 3.63) is 31.9 Å². The van der Waals surface area contributed by atoms with E-state index < -0.39 is 18.3 Å². The Hall–Kier alpha value is -1.81. The van der Waals surface area contributed by atoms with Crippen molar-refractivity contribution in [1.82, 2.24) is 9.78 Å². The van der Waals surface area contributed by atoms with E-state index in [4.69, 9.17) is 4.74 Å². The van der Waals surface area contributed by atoms with Crippen molar-refractivity contribution in [2.24, 2.45) is 0 Å².